The molecule has 4 nitrogen and oxygen atoms in total. The van der Waals surface area contributed by atoms with Gasteiger partial charge >= 0.3 is 5.97 Å². The maximum atomic E-state index is 11.1. The van der Waals surface area contributed by atoms with Gasteiger partial charge in [-0.3, -0.25) is 4.79 Å². The number of aryl methyl sites for hydroxylation is 2. The van der Waals surface area contributed by atoms with Crippen molar-refractivity contribution in [3.63, 3.8) is 0 Å². The molecule has 4 heteroatoms. The second kappa shape index (κ2) is 6.00. The van der Waals surface area contributed by atoms with Gasteiger partial charge in [0.2, 0.25) is 0 Å². The Morgan fingerprint density at radius 3 is 2.61 bits per heavy atom. The standard InChI is InChI=1S/C14H16N2O2/c1-18-14(17)10-13-4-2-12(3-5-13)6-8-16-9-7-15-11-16/h2-5,7,9,11H,6,8,10H2,1H3. The Morgan fingerprint density at radius 2 is 2.00 bits per heavy atom. The molecule has 0 atom stereocenters. The quantitative estimate of drug-likeness (QED) is 0.754. The third kappa shape index (κ3) is 3.45. The molecular formula is C14H16N2O2. The second-order valence-corrected chi connectivity index (χ2v) is 4.12. The van der Waals surface area contributed by atoms with Crippen LogP contribution in [0, 0.1) is 0 Å². The number of nitrogens with zero attached hydrogens (tertiary/aromatic N) is 2. The summed E-state index contributed by atoms with van der Waals surface area (Å²) in [6.45, 7) is 0.913. The monoisotopic (exact) mass is 244 g/mol. The molecule has 1 heterocycles. The smallest absolute Gasteiger partial charge is 0.309 e. The second-order valence-electron chi connectivity index (χ2n) is 4.12. The summed E-state index contributed by atoms with van der Waals surface area (Å²) >= 11 is 0. The highest BCUT2D eigenvalue weighted by Crippen LogP contribution is 2.07. The first-order valence-corrected chi connectivity index (χ1v) is 5.88. The number of aromatic nitrogens is 2. The fourth-order valence-corrected chi connectivity index (χ4v) is 1.74. The molecule has 2 aromatic rings. The van der Waals surface area contributed by atoms with E-state index < -0.39 is 0 Å². The summed E-state index contributed by atoms with van der Waals surface area (Å²) in [4.78, 5) is 15.1. The number of methoxy groups -OCH3 is 1. The van der Waals surface area contributed by atoms with Crippen molar-refractivity contribution in [3.05, 3.63) is 54.1 Å². The van der Waals surface area contributed by atoms with Crippen LogP contribution in [0.15, 0.2) is 43.0 Å². The van der Waals surface area contributed by atoms with E-state index in [2.05, 4.69) is 21.9 Å². The molecule has 0 bridgehead atoms. The number of carbonyl (C=O) groups is 1. The van der Waals surface area contributed by atoms with Crippen LogP contribution in [0.4, 0.5) is 0 Å². The lowest BCUT2D eigenvalue weighted by Gasteiger charge is -2.04. The molecule has 0 aliphatic rings. The molecule has 1 aromatic heterocycles. The van der Waals surface area contributed by atoms with Gasteiger partial charge in [-0.25, -0.2) is 4.98 Å². The Hall–Kier alpha value is -2.10. The van der Waals surface area contributed by atoms with Crippen molar-refractivity contribution in [1.82, 2.24) is 9.55 Å². The van der Waals surface area contributed by atoms with Crippen LogP contribution in [0.25, 0.3) is 0 Å². The number of carbonyl (C=O) groups excluding carboxylic acids is 1. The van der Waals surface area contributed by atoms with Crippen LogP contribution in [-0.2, 0) is 28.9 Å². The predicted octanol–water partition coefficient (Wildman–Crippen LogP) is 1.84. The molecule has 0 unspecified atom stereocenters. The number of ether oxygens (including phenoxy) is 1. The lowest BCUT2D eigenvalue weighted by molar-refractivity contribution is -0.139. The van der Waals surface area contributed by atoms with E-state index in [4.69, 9.17) is 0 Å². The van der Waals surface area contributed by atoms with Gasteiger partial charge in [-0.2, -0.15) is 0 Å². The fraction of sp³-hybridized carbons (Fsp3) is 0.286. The SMILES string of the molecule is COC(=O)Cc1ccc(CCn2ccnc2)cc1. The van der Waals surface area contributed by atoms with Gasteiger partial charge in [0.25, 0.3) is 0 Å². The summed E-state index contributed by atoms with van der Waals surface area (Å²) in [7, 11) is 1.40. The maximum absolute atomic E-state index is 11.1. The van der Waals surface area contributed by atoms with Crippen molar-refractivity contribution in [2.24, 2.45) is 0 Å². The van der Waals surface area contributed by atoms with Gasteiger partial charge in [-0.05, 0) is 17.5 Å². The van der Waals surface area contributed by atoms with Gasteiger partial charge in [-0.15, -0.1) is 0 Å². The van der Waals surface area contributed by atoms with Gasteiger partial charge in [-0.1, -0.05) is 24.3 Å². The van der Waals surface area contributed by atoms with Crippen molar-refractivity contribution in [2.75, 3.05) is 7.11 Å². The van der Waals surface area contributed by atoms with E-state index in [0.717, 1.165) is 18.5 Å². The lowest BCUT2D eigenvalue weighted by Crippen LogP contribution is -2.04. The van der Waals surface area contributed by atoms with Gasteiger partial charge in [0.05, 0.1) is 19.9 Å². The molecule has 0 aliphatic heterocycles. The van der Waals surface area contributed by atoms with E-state index >= 15 is 0 Å². The fourth-order valence-electron chi connectivity index (χ4n) is 1.74. The first-order valence-electron chi connectivity index (χ1n) is 5.88. The number of rotatable bonds is 5. The highest BCUT2D eigenvalue weighted by molar-refractivity contribution is 5.72. The molecule has 0 fully saturated rings. The summed E-state index contributed by atoms with van der Waals surface area (Å²) in [6, 6.07) is 8.05. The van der Waals surface area contributed by atoms with E-state index in [1.165, 1.54) is 12.7 Å². The van der Waals surface area contributed by atoms with E-state index in [9.17, 15) is 4.79 Å². The van der Waals surface area contributed by atoms with Crippen molar-refractivity contribution in [1.29, 1.82) is 0 Å². The highest BCUT2D eigenvalue weighted by atomic mass is 16.5. The Morgan fingerprint density at radius 1 is 1.28 bits per heavy atom. The number of imidazole rings is 1. The molecule has 1 aromatic carbocycles. The molecule has 18 heavy (non-hydrogen) atoms. The van der Waals surface area contributed by atoms with Crippen LogP contribution in [0.5, 0.6) is 0 Å². The van der Waals surface area contributed by atoms with Crippen LogP contribution in [0.1, 0.15) is 11.1 Å². The van der Waals surface area contributed by atoms with Gasteiger partial charge < -0.3 is 9.30 Å². The van der Waals surface area contributed by atoms with E-state index in [0.29, 0.717) is 6.42 Å². The zero-order chi connectivity index (χ0) is 12.8. The summed E-state index contributed by atoms with van der Waals surface area (Å²) in [6.07, 6.45) is 6.82. The number of esters is 1. The van der Waals surface area contributed by atoms with E-state index in [-0.39, 0.29) is 5.97 Å². The molecule has 0 radical (unpaired) electrons. The van der Waals surface area contributed by atoms with Crippen LogP contribution in [0.2, 0.25) is 0 Å². The average molecular weight is 244 g/mol. The third-order valence-corrected chi connectivity index (χ3v) is 2.82. The normalized spacial score (nSPS) is 10.3. The van der Waals surface area contributed by atoms with Gasteiger partial charge in [0.15, 0.2) is 0 Å². The number of hydrogen-bond acceptors (Lipinski definition) is 3. The minimum absolute atomic E-state index is 0.207. The van der Waals surface area contributed by atoms with Crippen molar-refractivity contribution in [3.8, 4) is 0 Å². The van der Waals surface area contributed by atoms with Crippen LogP contribution >= 0.6 is 0 Å². The molecule has 2 rings (SSSR count). The summed E-state index contributed by atoms with van der Waals surface area (Å²) < 4.78 is 6.68. The minimum Gasteiger partial charge on any atom is -0.469 e. The highest BCUT2D eigenvalue weighted by Gasteiger charge is 2.02. The predicted molar refractivity (Wildman–Crippen MR) is 68.1 cm³/mol. The van der Waals surface area contributed by atoms with Crippen molar-refractivity contribution in [2.45, 2.75) is 19.4 Å². The van der Waals surface area contributed by atoms with Gasteiger partial charge in [0, 0.05) is 18.9 Å². The van der Waals surface area contributed by atoms with Crippen LogP contribution in [0.3, 0.4) is 0 Å². The lowest BCUT2D eigenvalue weighted by atomic mass is 10.1. The van der Waals surface area contributed by atoms with Crippen LogP contribution < -0.4 is 0 Å². The first kappa shape index (κ1) is 12.4. The summed E-state index contributed by atoms with van der Waals surface area (Å²) in [5.74, 6) is -0.207. The Kier molecular flexibility index (Phi) is 4.12. The molecule has 0 saturated carbocycles. The Balaban J connectivity index is 1.89. The average Bonchev–Trinajstić information content (AvgIpc) is 2.91. The topological polar surface area (TPSA) is 44.1 Å². The van der Waals surface area contributed by atoms with Crippen molar-refractivity contribution >= 4 is 5.97 Å². The molecule has 0 amide bonds. The van der Waals surface area contributed by atoms with Gasteiger partial charge in [0.1, 0.15) is 0 Å². The van der Waals surface area contributed by atoms with Crippen molar-refractivity contribution < 1.29 is 9.53 Å². The largest absolute Gasteiger partial charge is 0.469 e. The zero-order valence-corrected chi connectivity index (χ0v) is 10.4. The maximum Gasteiger partial charge on any atom is 0.309 e. The molecule has 0 N–H and O–H groups in total. The molecule has 0 spiro atoms. The van der Waals surface area contributed by atoms with E-state index in [1.54, 1.807) is 6.20 Å². The molecular weight excluding hydrogens is 228 g/mol. The third-order valence-electron chi connectivity index (χ3n) is 2.82. The first-order chi connectivity index (χ1) is 8.78. The summed E-state index contributed by atoms with van der Waals surface area (Å²) in [5.41, 5.74) is 2.23. The summed E-state index contributed by atoms with van der Waals surface area (Å²) in [5, 5.41) is 0. The Labute approximate surface area is 106 Å². The molecule has 0 aliphatic carbocycles. The zero-order valence-electron chi connectivity index (χ0n) is 10.4. The number of benzene rings is 1. The van der Waals surface area contributed by atoms with Crippen LogP contribution in [-0.4, -0.2) is 22.6 Å². The minimum atomic E-state index is -0.207. The Bertz CT molecular complexity index is 489. The molecule has 0 saturated heterocycles. The van der Waals surface area contributed by atoms with E-state index in [1.807, 2.05) is 29.2 Å². The molecule has 94 valence electrons. The number of hydrogen-bond donors (Lipinski definition) is 0.